The van der Waals surface area contributed by atoms with Crippen LogP contribution in [0.5, 0.6) is 0 Å². The molecule has 0 fully saturated rings. The monoisotopic (exact) mass is 385 g/mol. The summed E-state index contributed by atoms with van der Waals surface area (Å²) in [4.78, 5) is 2.11. The lowest BCUT2D eigenvalue weighted by Gasteiger charge is -2.31. The third-order valence-corrected chi connectivity index (χ3v) is 5.03. The second-order valence-electron chi connectivity index (χ2n) is 6.85. The number of fused-ring (bicyclic) bond motifs is 1. The first-order chi connectivity index (χ1) is 14.2. The highest BCUT2D eigenvalue weighted by Crippen LogP contribution is 2.35. The molecule has 0 unspecified atom stereocenters. The van der Waals surface area contributed by atoms with E-state index in [0.717, 1.165) is 40.3 Å². The van der Waals surface area contributed by atoms with Crippen LogP contribution in [0.4, 0.5) is 8.78 Å². The number of nitrogens with zero attached hydrogens (tertiary/aromatic N) is 3. The van der Waals surface area contributed by atoms with Crippen molar-refractivity contribution in [3.63, 3.8) is 0 Å². The first kappa shape index (κ1) is 17.4. The lowest BCUT2D eigenvalue weighted by Crippen LogP contribution is -2.20. The van der Waals surface area contributed by atoms with Gasteiger partial charge in [-0.3, -0.25) is 0 Å². The topological polar surface area (TPSA) is 21.1 Å². The molecule has 0 N–H and O–H groups in total. The Kier molecular flexibility index (Phi) is 4.21. The SMILES string of the molecule is Fc1ccc(C2=CCC=C3C=CC(c4ccnn4-c4ccc(F)cc4)=CN32)cc1. The predicted molar refractivity (Wildman–Crippen MR) is 110 cm³/mol. The van der Waals surface area contributed by atoms with Gasteiger partial charge in [0.2, 0.25) is 0 Å². The number of benzene rings is 2. The molecule has 3 nitrogen and oxygen atoms in total. The minimum absolute atomic E-state index is 0.251. The first-order valence-corrected chi connectivity index (χ1v) is 9.35. The third-order valence-electron chi connectivity index (χ3n) is 5.03. The summed E-state index contributed by atoms with van der Waals surface area (Å²) in [6, 6.07) is 14.7. The Hall–Kier alpha value is -3.73. The van der Waals surface area contributed by atoms with E-state index in [2.05, 4.69) is 34.4 Å². The van der Waals surface area contributed by atoms with E-state index in [0.29, 0.717) is 0 Å². The van der Waals surface area contributed by atoms with Crippen molar-refractivity contribution in [1.82, 2.24) is 14.7 Å². The minimum atomic E-state index is -0.281. The number of aromatic nitrogens is 2. The third kappa shape index (κ3) is 3.21. The summed E-state index contributed by atoms with van der Waals surface area (Å²) >= 11 is 0. The van der Waals surface area contributed by atoms with Crippen molar-refractivity contribution in [2.45, 2.75) is 6.42 Å². The molecule has 3 aromatic rings. The van der Waals surface area contributed by atoms with Crippen molar-refractivity contribution in [2.24, 2.45) is 0 Å². The van der Waals surface area contributed by atoms with E-state index in [-0.39, 0.29) is 11.6 Å². The molecule has 2 aliphatic heterocycles. The molecule has 29 heavy (non-hydrogen) atoms. The minimum Gasteiger partial charge on any atom is -0.317 e. The summed E-state index contributed by atoms with van der Waals surface area (Å²) in [5.41, 5.74) is 5.69. The maximum absolute atomic E-state index is 13.4. The van der Waals surface area contributed by atoms with E-state index in [1.165, 1.54) is 24.3 Å². The van der Waals surface area contributed by atoms with E-state index < -0.39 is 0 Å². The van der Waals surface area contributed by atoms with Crippen LogP contribution in [0.25, 0.3) is 17.0 Å². The van der Waals surface area contributed by atoms with Gasteiger partial charge in [0, 0.05) is 23.2 Å². The largest absolute Gasteiger partial charge is 0.317 e. The summed E-state index contributed by atoms with van der Waals surface area (Å²) in [6.07, 6.45) is 13.0. The summed E-state index contributed by atoms with van der Waals surface area (Å²) < 4.78 is 28.5. The molecule has 0 amide bonds. The Bertz CT molecular complexity index is 1180. The number of allylic oxidation sites excluding steroid dienone is 5. The van der Waals surface area contributed by atoms with Gasteiger partial charge < -0.3 is 4.90 Å². The van der Waals surface area contributed by atoms with Gasteiger partial charge in [0.15, 0.2) is 0 Å². The fourth-order valence-electron chi connectivity index (χ4n) is 3.62. The fourth-order valence-corrected chi connectivity index (χ4v) is 3.62. The number of halogens is 2. The Morgan fingerprint density at radius 2 is 1.52 bits per heavy atom. The van der Waals surface area contributed by atoms with E-state index >= 15 is 0 Å². The Morgan fingerprint density at radius 1 is 0.793 bits per heavy atom. The van der Waals surface area contributed by atoms with Crippen LogP contribution in [-0.4, -0.2) is 14.7 Å². The molecule has 3 heterocycles. The average Bonchev–Trinajstić information content (AvgIpc) is 3.24. The van der Waals surface area contributed by atoms with Crippen molar-refractivity contribution < 1.29 is 8.78 Å². The molecule has 0 spiro atoms. The molecule has 1 aromatic heterocycles. The van der Waals surface area contributed by atoms with Gasteiger partial charge in [-0.25, -0.2) is 13.5 Å². The Balaban J connectivity index is 1.54. The van der Waals surface area contributed by atoms with Crippen LogP contribution < -0.4 is 0 Å². The number of hydrogen-bond donors (Lipinski definition) is 0. The Labute approximate surface area is 167 Å². The highest BCUT2D eigenvalue weighted by Gasteiger charge is 2.21. The predicted octanol–water partition coefficient (Wildman–Crippen LogP) is 5.69. The van der Waals surface area contributed by atoms with E-state index in [1.807, 2.05) is 12.1 Å². The second kappa shape index (κ2) is 7.02. The van der Waals surface area contributed by atoms with Crippen molar-refractivity contribution in [2.75, 3.05) is 0 Å². The van der Waals surface area contributed by atoms with Gasteiger partial charge in [-0.15, -0.1) is 0 Å². The molecular weight excluding hydrogens is 368 g/mol. The molecule has 2 aromatic carbocycles. The molecular formula is C24H17F2N3. The lowest BCUT2D eigenvalue weighted by molar-refractivity contribution is 0.625. The van der Waals surface area contributed by atoms with E-state index in [9.17, 15) is 8.78 Å². The molecule has 0 saturated carbocycles. The van der Waals surface area contributed by atoms with Crippen molar-refractivity contribution in [3.8, 4) is 5.69 Å². The molecule has 2 aliphatic rings. The van der Waals surface area contributed by atoms with Crippen LogP contribution in [0.1, 0.15) is 17.7 Å². The van der Waals surface area contributed by atoms with Gasteiger partial charge in [-0.2, -0.15) is 5.10 Å². The second-order valence-corrected chi connectivity index (χ2v) is 6.85. The molecule has 0 atom stereocenters. The molecule has 0 aliphatic carbocycles. The van der Waals surface area contributed by atoms with Crippen LogP contribution in [-0.2, 0) is 0 Å². The summed E-state index contributed by atoms with van der Waals surface area (Å²) in [5, 5.41) is 4.41. The van der Waals surface area contributed by atoms with Gasteiger partial charge in [0.05, 0.1) is 17.6 Å². The van der Waals surface area contributed by atoms with Crippen LogP contribution in [0.2, 0.25) is 0 Å². The zero-order valence-corrected chi connectivity index (χ0v) is 15.5. The van der Waals surface area contributed by atoms with Gasteiger partial charge in [0.25, 0.3) is 0 Å². The molecule has 5 rings (SSSR count). The van der Waals surface area contributed by atoms with E-state index in [4.69, 9.17) is 0 Å². The maximum Gasteiger partial charge on any atom is 0.123 e. The van der Waals surface area contributed by atoms with Gasteiger partial charge in [-0.05, 0) is 78.7 Å². The quantitative estimate of drug-likeness (QED) is 0.577. The van der Waals surface area contributed by atoms with Gasteiger partial charge >= 0.3 is 0 Å². The highest BCUT2D eigenvalue weighted by molar-refractivity contribution is 5.79. The van der Waals surface area contributed by atoms with Crippen LogP contribution >= 0.6 is 0 Å². The molecule has 142 valence electrons. The number of hydrogen-bond acceptors (Lipinski definition) is 2. The molecule has 0 bridgehead atoms. The zero-order chi connectivity index (χ0) is 19.8. The summed E-state index contributed by atoms with van der Waals surface area (Å²) in [6.45, 7) is 0. The first-order valence-electron chi connectivity index (χ1n) is 9.35. The number of rotatable bonds is 3. The van der Waals surface area contributed by atoms with Crippen LogP contribution in [0.15, 0.2) is 97.0 Å². The smallest absolute Gasteiger partial charge is 0.123 e. The average molecular weight is 385 g/mol. The fraction of sp³-hybridized carbons (Fsp3) is 0.0417. The standard InChI is InChI=1S/C24H17F2N3/c25-19-7-4-17(5-8-19)23-3-1-2-21-11-6-18(16-28(21)23)24-14-15-27-29(24)22-12-9-20(26)10-13-22/h2-16H,1H2. The van der Waals surface area contributed by atoms with E-state index in [1.54, 1.807) is 35.1 Å². The highest BCUT2D eigenvalue weighted by atomic mass is 19.1. The maximum atomic E-state index is 13.4. The van der Waals surface area contributed by atoms with Crippen LogP contribution in [0, 0.1) is 11.6 Å². The zero-order valence-electron chi connectivity index (χ0n) is 15.5. The van der Waals surface area contributed by atoms with Gasteiger partial charge in [0.1, 0.15) is 11.6 Å². The molecule has 0 radical (unpaired) electrons. The lowest BCUT2D eigenvalue weighted by atomic mass is 10.0. The molecule has 5 heteroatoms. The summed E-state index contributed by atoms with van der Waals surface area (Å²) in [5.74, 6) is -0.532. The summed E-state index contributed by atoms with van der Waals surface area (Å²) in [7, 11) is 0. The van der Waals surface area contributed by atoms with Crippen molar-refractivity contribution in [1.29, 1.82) is 0 Å². The Morgan fingerprint density at radius 3 is 2.28 bits per heavy atom. The van der Waals surface area contributed by atoms with Crippen molar-refractivity contribution in [3.05, 3.63) is 120 Å². The normalized spacial score (nSPS) is 15.5. The van der Waals surface area contributed by atoms with Gasteiger partial charge in [-0.1, -0.05) is 12.2 Å². The van der Waals surface area contributed by atoms with Crippen LogP contribution in [0.3, 0.4) is 0 Å². The molecule has 0 saturated heterocycles. The van der Waals surface area contributed by atoms with Crippen molar-refractivity contribution >= 4 is 11.3 Å².